The first kappa shape index (κ1) is 14.0. The second kappa shape index (κ2) is 6.64. The van der Waals surface area contributed by atoms with Gasteiger partial charge in [0.05, 0.1) is 0 Å². The molecule has 1 aliphatic rings. The van der Waals surface area contributed by atoms with E-state index in [9.17, 15) is 9.50 Å². The van der Waals surface area contributed by atoms with Gasteiger partial charge in [0.2, 0.25) is 0 Å². The zero-order valence-corrected chi connectivity index (χ0v) is 11.9. The molecule has 2 unspecified atom stereocenters. The third-order valence-electron chi connectivity index (χ3n) is 3.71. The topological polar surface area (TPSA) is 32.3 Å². The highest BCUT2D eigenvalue weighted by Gasteiger charge is 2.23. The van der Waals surface area contributed by atoms with Crippen molar-refractivity contribution in [3.8, 4) is 0 Å². The average Bonchev–Trinajstić information content (AvgIpc) is 2.38. The molecule has 0 aliphatic heterocycles. The quantitative estimate of drug-likeness (QED) is 0.894. The standard InChI is InChI=1S/C14H19BrFNO/c15-13-7-12(16)6-5-10(13)8-17-14-4-2-1-3-11(14)9-18/h5-7,11,14,17-18H,1-4,8-9H2. The molecule has 18 heavy (non-hydrogen) atoms. The van der Waals surface area contributed by atoms with E-state index in [0.717, 1.165) is 22.9 Å². The molecule has 1 saturated carbocycles. The summed E-state index contributed by atoms with van der Waals surface area (Å²) in [6, 6.07) is 5.14. The number of benzene rings is 1. The summed E-state index contributed by atoms with van der Waals surface area (Å²) >= 11 is 3.37. The van der Waals surface area contributed by atoms with E-state index >= 15 is 0 Å². The maximum absolute atomic E-state index is 13.0. The molecule has 1 fully saturated rings. The Bertz CT molecular complexity index is 399. The number of aliphatic hydroxyl groups excluding tert-OH is 1. The molecule has 0 saturated heterocycles. The van der Waals surface area contributed by atoms with Gasteiger partial charge in [-0.2, -0.15) is 0 Å². The van der Waals surface area contributed by atoms with E-state index in [-0.39, 0.29) is 12.4 Å². The number of hydrogen-bond acceptors (Lipinski definition) is 2. The van der Waals surface area contributed by atoms with Gasteiger partial charge in [-0.3, -0.25) is 0 Å². The Morgan fingerprint density at radius 2 is 2.11 bits per heavy atom. The summed E-state index contributed by atoms with van der Waals surface area (Å²) < 4.78 is 13.8. The Balaban J connectivity index is 1.93. The molecule has 2 atom stereocenters. The fraction of sp³-hybridized carbons (Fsp3) is 0.571. The SMILES string of the molecule is OCC1CCCCC1NCc1ccc(F)cc1Br. The Labute approximate surface area is 116 Å². The van der Waals surface area contributed by atoms with Gasteiger partial charge in [0.15, 0.2) is 0 Å². The molecule has 0 bridgehead atoms. The zero-order chi connectivity index (χ0) is 13.0. The predicted octanol–water partition coefficient (Wildman–Crippen LogP) is 3.23. The lowest BCUT2D eigenvalue weighted by atomic mass is 9.85. The van der Waals surface area contributed by atoms with Crippen molar-refractivity contribution in [3.05, 3.63) is 34.1 Å². The number of aliphatic hydroxyl groups is 1. The highest BCUT2D eigenvalue weighted by atomic mass is 79.9. The van der Waals surface area contributed by atoms with Crippen LogP contribution in [0.2, 0.25) is 0 Å². The molecule has 0 spiro atoms. The monoisotopic (exact) mass is 315 g/mol. The van der Waals surface area contributed by atoms with Gasteiger partial charge >= 0.3 is 0 Å². The van der Waals surface area contributed by atoms with Gasteiger partial charge in [0.25, 0.3) is 0 Å². The summed E-state index contributed by atoms with van der Waals surface area (Å²) in [6.45, 7) is 0.963. The maximum atomic E-state index is 13.0. The fourth-order valence-electron chi connectivity index (χ4n) is 2.60. The molecule has 0 heterocycles. The van der Waals surface area contributed by atoms with Crippen molar-refractivity contribution in [1.82, 2.24) is 5.32 Å². The largest absolute Gasteiger partial charge is 0.396 e. The van der Waals surface area contributed by atoms with Crippen molar-refractivity contribution in [2.75, 3.05) is 6.61 Å². The third kappa shape index (κ3) is 3.53. The number of halogens is 2. The molecule has 0 amide bonds. The van der Waals surface area contributed by atoms with E-state index < -0.39 is 0 Å². The highest BCUT2D eigenvalue weighted by Crippen LogP contribution is 2.25. The Hall–Kier alpha value is -0.450. The second-order valence-electron chi connectivity index (χ2n) is 4.95. The smallest absolute Gasteiger partial charge is 0.124 e. The van der Waals surface area contributed by atoms with Gasteiger partial charge in [0.1, 0.15) is 5.82 Å². The third-order valence-corrected chi connectivity index (χ3v) is 4.45. The van der Waals surface area contributed by atoms with Crippen LogP contribution in [-0.2, 0) is 6.54 Å². The van der Waals surface area contributed by atoms with Crippen LogP contribution in [0.1, 0.15) is 31.2 Å². The Morgan fingerprint density at radius 1 is 1.33 bits per heavy atom. The summed E-state index contributed by atoms with van der Waals surface area (Å²) in [5, 5.41) is 12.8. The van der Waals surface area contributed by atoms with E-state index in [0.29, 0.717) is 18.5 Å². The van der Waals surface area contributed by atoms with Gasteiger partial charge in [-0.1, -0.05) is 34.8 Å². The molecule has 100 valence electrons. The average molecular weight is 316 g/mol. The molecule has 2 nitrogen and oxygen atoms in total. The zero-order valence-electron chi connectivity index (χ0n) is 10.3. The van der Waals surface area contributed by atoms with Crippen LogP contribution >= 0.6 is 15.9 Å². The van der Waals surface area contributed by atoms with Crippen molar-refractivity contribution < 1.29 is 9.50 Å². The first-order valence-electron chi connectivity index (χ1n) is 6.49. The summed E-state index contributed by atoms with van der Waals surface area (Å²) in [6.07, 6.45) is 4.64. The molecule has 1 aromatic rings. The van der Waals surface area contributed by atoms with Crippen molar-refractivity contribution in [1.29, 1.82) is 0 Å². The minimum absolute atomic E-state index is 0.225. The summed E-state index contributed by atoms with van der Waals surface area (Å²) in [7, 11) is 0. The lowest BCUT2D eigenvalue weighted by Gasteiger charge is -2.31. The van der Waals surface area contributed by atoms with Gasteiger partial charge in [-0.05, 0) is 36.5 Å². The van der Waals surface area contributed by atoms with Crippen LogP contribution in [0.25, 0.3) is 0 Å². The van der Waals surface area contributed by atoms with Gasteiger partial charge < -0.3 is 10.4 Å². The van der Waals surface area contributed by atoms with Crippen molar-refractivity contribution in [2.24, 2.45) is 5.92 Å². The molecular weight excluding hydrogens is 297 g/mol. The number of rotatable bonds is 4. The first-order chi connectivity index (χ1) is 8.70. The molecule has 2 rings (SSSR count). The molecule has 4 heteroatoms. The van der Waals surface area contributed by atoms with Crippen LogP contribution in [0.15, 0.2) is 22.7 Å². The molecule has 0 aromatic heterocycles. The summed E-state index contributed by atoms with van der Waals surface area (Å²) in [5.74, 6) is 0.134. The van der Waals surface area contributed by atoms with Crippen molar-refractivity contribution >= 4 is 15.9 Å². The predicted molar refractivity (Wildman–Crippen MR) is 73.8 cm³/mol. The van der Waals surface area contributed by atoms with Gasteiger partial charge in [-0.15, -0.1) is 0 Å². The fourth-order valence-corrected chi connectivity index (χ4v) is 3.09. The van der Waals surface area contributed by atoms with Gasteiger partial charge in [0, 0.05) is 23.7 Å². The van der Waals surface area contributed by atoms with Crippen LogP contribution in [0, 0.1) is 11.7 Å². The minimum atomic E-state index is -0.225. The van der Waals surface area contributed by atoms with E-state index in [1.807, 2.05) is 0 Å². The van der Waals surface area contributed by atoms with Crippen LogP contribution in [0.3, 0.4) is 0 Å². The minimum Gasteiger partial charge on any atom is -0.396 e. The number of nitrogens with one attached hydrogen (secondary N) is 1. The molecule has 0 radical (unpaired) electrons. The van der Waals surface area contributed by atoms with Crippen LogP contribution < -0.4 is 5.32 Å². The van der Waals surface area contributed by atoms with E-state index in [1.54, 1.807) is 6.07 Å². The van der Waals surface area contributed by atoms with Crippen LogP contribution in [0.5, 0.6) is 0 Å². The number of hydrogen-bond donors (Lipinski definition) is 2. The maximum Gasteiger partial charge on any atom is 0.124 e. The van der Waals surface area contributed by atoms with E-state index in [1.165, 1.54) is 25.0 Å². The summed E-state index contributed by atoms with van der Waals surface area (Å²) in [4.78, 5) is 0. The molecule has 1 aromatic carbocycles. The van der Waals surface area contributed by atoms with Gasteiger partial charge in [-0.25, -0.2) is 4.39 Å². The van der Waals surface area contributed by atoms with Crippen molar-refractivity contribution in [3.63, 3.8) is 0 Å². The Kier molecular flexibility index (Phi) is 5.15. The lowest BCUT2D eigenvalue weighted by molar-refractivity contribution is 0.152. The van der Waals surface area contributed by atoms with Crippen LogP contribution in [0.4, 0.5) is 4.39 Å². The summed E-state index contributed by atoms with van der Waals surface area (Å²) in [5.41, 5.74) is 1.05. The Morgan fingerprint density at radius 3 is 2.83 bits per heavy atom. The van der Waals surface area contributed by atoms with Crippen molar-refractivity contribution in [2.45, 2.75) is 38.3 Å². The van der Waals surface area contributed by atoms with E-state index in [2.05, 4.69) is 21.2 Å². The van der Waals surface area contributed by atoms with E-state index in [4.69, 9.17) is 0 Å². The molecule has 1 aliphatic carbocycles. The first-order valence-corrected chi connectivity index (χ1v) is 7.28. The molecular formula is C14H19BrFNO. The van der Waals surface area contributed by atoms with Crippen LogP contribution in [-0.4, -0.2) is 17.8 Å². The second-order valence-corrected chi connectivity index (χ2v) is 5.80. The lowest BCUT2D eigenvalue weighted by Crippen LogP contribution is -2.39. The molecule has 2 N–H and O–H groups in total. The normalized spacial score (nSPS) is 24.2. The highest BCUT2D eigenvalue weighted by molar-refractivity contribution is 9.10.